The van der Waals surface area contributed by atoms with E-state index in [1.165, 1.54) is 0 Å². The molecule has 4 nitrogen and oxygen atoms in total. The van der Waals surface area contributed by atoms with E-state index in [9.17, 15) is 0 Å². The summed E-state index contributed by atoms with van der Waals surface area (Å²) in [5.41, 5.74) is 0.131. The molecule has 2 heterocycles. The molecule has 7 heteroatoms. The second-order valence-corrected chi connectivity index (χ2v) is 6.90. The van der Waals surface area contributed by atoms with Crippen LogP contribution in [-0.2, 0) is 0 Å². The van der Waals surface area contributed by atoms with Crippen molar-refractivity contribution in [2.24, 2.45) is 4.99 Å². The van der Waals surface area contributed by atoms with Crippen molar-refractivity contribution in [1.82, 2.24) is 14.9 Å². The highest BCUT2D eigenvalue weighted by Gasteiger charge is 2.13. The van der Waals surface area contributed by atoms with Crippen molar-refractivity contribution < 1.29 is 0 Å². The molecule has 0 N–H and O–H groups in total. The Balaban J connectivity index is 1.76. The van der Waals surface area contributed by atoms with Crippen molar-refractivity contribution in [1.29, 1.82) is 0 Å². The molecule has 0 radical (unpaired) electrons. The number of nitrogens with zero attached hydrogens (tertiary/aromatic N) is 4. The number of hydrogen-bond acceptors (Lipinski definition) is 7. The molecule has 0 saturated heterocycles. The van der Waals surface area contributed by atoms with Gasteiger partial charge in [-0.15, -0.1) is 0 Å². The van der Waals surface area contributed by atoms with E-state index in [1.54, 1.807) is 43.8 Å². The molecule has 0 spiro atoms. The van der Waals surface area contributed by atoms with Crippen LogP contribution < -0.4 is 0 Å². The van der Waals surface area contributed by atoms with Gasteiger partial charge in [0.1, 0.15) is 0 Å². The van der Waals surface area contributed by atoms with Gasteiger partial charge in [0.15, 0.2) is 10.7 Å². The zero-order valence-corrected chi connectivity index (χ0v) is 11.0. The van der Waals surface area contributed by atoms with E-state index < -0.39 is 0 Å². The molecule has 0 bridgehead atoms. The zero-order chi connectivity index (χ0) is 11.2. The lowest BCUT2D eigenvalue weighted by Gasteiger charge is -2.23. The van der Waals surface area contributed by atoms with E-state index in [-0.39, 0.29) is 5.50 Å². The Hall–Kier alpha value is -0.660. The van der Waals surface area contributed by atoms with Crippen molar-refractivity contribution in [3.63, 3.8) is 0 Å². The van der Waals surface area contributed by atoms with Crippen LogP contribution in [0.25, 0.3) is 0 Å². The van der Waals surface area contributed by atoms with Crippen molar-refractivity contribution >= 4 is 37.6 Å². The average molecular weight is 270 g/mol. The average Bonchev–Trinajstić information content (AvgIpc) is 2.33. The van der Waals surface area contributed by atoms with Crippen LogP contribution in [0.1, 0.15) is 0 Å². The predicted octanol–water partition coefficient (Wildman–Crippen LogP) is 2.68. The second kappa shape index (κ2) is 6.17. The van der Waals surface area contributed by atoms with Gasteiger partial charge in [-0.25, -0.2) is 9.97 Å². The SMILES string of the molecule is CN1C=CC=NC1SSSc1ncccn1. The van der Waals surface area contributed by atoms with Gasteiger partial charge in [0.05, 0.1) is 0 Å². The summed E-state index contributed by atoms with van der Waals surface area (Å²) in [4.78, 5) is 14.7. The molecule has 2 rings (SSSR count). The van der Waals surface area contributed by atoms with Crippen LogP contribution in [0.5, 0.6) is 0 Å². The van der Waals surface area contributed by atoms with E-state index in [0.717, 1.165) is 5.16 Å². The van der Waals surface area contributed by atoms with E-state index >= 15 is 0 Å². The van der Waals surface area contributed by atoms with Gasteiger partial charge < -0.3 is 4.90 Å². The van der Waals surface area contributed by atoms with Crippen molar-refractivity contribution in [3.8, 4) is 0 Å². The molecule has 1 atom stereocenters. The molecule has 0 saturated carbocycles. The number of hydrogen-bond donors (Lipinski definition) is 0. The summed E-state index contributed by atoms with van der Waals surface area (Å²) >= 11 is 0. The molecule has 1 aromatic rings. The smallest absolute Gasteiger partial charge is 0.199 e. The first-order chi connectivity index (χ1) is 7.86. The molecule has 16 heavy (non-hydrogen) atoms. The van der Waals surface area contributed by atoms with Crippen LogP contribution in [0.15, 0.2) is 40.9 Å². The standard InChI is InChI=1S/C9H10N4S3/c1-13-7-3-6-12-9(13)15-16-14-8-10-4-2-5-11-8/h2-7,9H,1H3. The molecule has 84 valence electrons. The summed E-state index contributed by atoms with van der Waals surface area (Å²) < 4.78 is 0. The van der Waals surface area contributed by atoms with Gasteiger partial charge in [-0.05, 0) is 43.6 Å². The Morgan fingerprint density at radius 1 is 1.31 bits per heavy atom. The Morgan fingerprint density at radius 2 is 2.12 bits per heavy atom. The molecule has 1 aromatic heterocycles. The fraction of sp³-hybridized carbons (Fsp3) is 0.222. The highest BCUT2D eigenvalue weighted by Crippen LogP contribution is 2.42. The van der Waals surface area contributed by atoms with Crippen molar-refractivity contribution in [2.45, 2.75) is 10.7 Å². The maximum Gasteiger partial charge on any atom is 0.199 e. The fourth-order valence-corrected chi connectivity index (χ4v) is 4.55. The van der Waals surface area contributed by atoms with E-state index in [4.69, 9.17) is 0 Å². The second-order valence-electron chi connectivity index (χ2n) is 2.91. The van der Waals surface area contributed by atoms with E-state index in [1.807, 2.05) is 31.6 Å². The van der Waals surface area contributed by atoms with Crippen LogP contribution in [0.2, 0.25) is 0 Å². The third-order valence-electron chi connectivity index (χ3n) is 1.75. The summed E-state index contributed by atoms with van der Waals surface area (Å²) in [5.74, 6) is 0. The quantitative estimate of drug-likeness (QED) is 0.619. The number of aliphatic imine (C=N–C) groups is 1. The first-order valence-electron chi connectivity index (χ1n) is 4.55. The van der Waals surface area contributed by atoms with Crippen LogP contribution in [-0.4, -0.2) is 33.6 Å². The maximum absolute atomic E-state index is 4.34. The first kappa shape index (κ1) is 11.8. The number of aromatic nitrogens is 2. The normalized spacial score (nSPS) is 19.1. The fourth-order valence-electron chi connectivity index (χ4n) is 0.983. The molecule has 1 aliphatic heterocycles. The Bertz CT molecular complexity index is 382. The van der Waals surface area contributed by atoms with E-state index in [2.05, 4.69) is 19.9 Å². The molecule has 0 fully saturated rings. The lowest BCUT2D eigenvalue weighted by Crippen LogP contribution is -2.23. The van der Waals surface area contributed by atoms with E-state index in [0.29, 0.717) is 0 Å². The highest BCUT2D eigenvalue weighted by atomic mass is 33.5. The monoisotopic (exact) mass is 270 g/mol. The van der Waals surface area contributed by atoms with Crippen LogP contribution in [0, 0.1) is 0 Å². The third-order valence-corrected chi connectivity index (χ3v) is 5.60. The van der Waals surface area contributed by atoms with Gasteiger partial charge in [0.2, 0.25) is 0 Å². The molecule has 1 aliphatic rings. The summed E-state index contributed by atoms with van der Waals surface area (Å²) in [5, 5.41) is 0.776. The number of rotatable bonds is 4. The van der Waals surface area contributed by atoms with Crippen LogP contribution >= 0.6 is 31.4 Å². The van der Waals surface area contributed by atoms with Crippen LogP contribution in [0.3, 0.4) is 0 Å². The summed E-state index contributed by atoms with van der Waals surface area (Å²) in [6, 6.07) is 1.81. The molecular formula is C9H10N4S3. The molecule has 1 unspecified atom stereocenters. The molecular weight excluding hydrogens is 260 g/mol. The van der Waals surface area contributed by atoms with Gasteiger partial charge in [-0.2, -0.15) is 0 Å². The lowest BCUT2D eigenvalue weighted by atomic mass is 10.6. The van der Waals surface area contributed by atoms with Gasteiger partial charge in [0, 0.05) is 31.9 Å². The van der Waals surface area contributed by atoms with Crippen molar-refractivity contribution in [3.05, 3.63) is 30.7 Å². The van der Waals surface area contributed by atoms with Gasteiger partial charge in [0.25, 0.3) is 0 Å². The largest absolute Gasteiger partial charge is 0.350 e. The highest BCUT2D eigenvalue weighted by molar-refractivity contribution is 9.09. The predicted molar refractivity (Wildman–Crippen MR) is 72.3 cm³/mol. The van der Waals surface area contributed by atoms with Gasteiger partial charge in [-0.3, -0.25) is 4.99 Å². The van der Waals surface area contributed by atoms with Gasteiger partial charge >= 0.3 is 0 Å². The Kier molecular flexibility index (Phi) is 4.55. The summed E-state index contributed by atoms with van der Waals surface area (Å²) in [7, 11) is 6.87. The minimum atomic E-state index is 0.131. The number of allylic oxidation sites excluding steroid dienone is 1. The summed E-state index contributed by atoms with van der Waals surface area (Å²) in [6.45, 7) is 0. The topological polar surface area (TPSA) is 41.4 Å². The van der Waals surface area contributed by atoms with Crippen molar-refractivity contribution in [2.75, 3.05) is 7.05 Å². The Labute approximate surface area is 106 Å². The zero-order valence-electron chi connectivity index (χ0n) is 8.56. The third kappa shape index (κ3) is 3.43. The molecule has 0 aliphatic carbocycles. The Morgan fingerprint density at radius 3 is 2.88 bits per heavy atom. The summed E-state index contributed by atoms with van der Waals surface area (Å²) in [6.07, 6.45) is 9.24. The maximum atomic E-state index is 4.34. The molecule has 0 amide bonds. The van der Waals surface area contributed by atoms with Crippen LogP contribution in [0.4, 0.5) is 0 Å². The minimum Gasteiger partial charge on any atom is -0.350 e. The lowest BCUT2D eigenvalue weighted by molar-refractivity contribution is 0.437. The minimum absolute atomic E-state index is 0.131. The first-order valence-corrected chi connectivity index (χ1v) is 8.10. The van der Waals surface area contributed by atoms with Gasteiger partial charge in [-0.1, -0.05) is 0 Å². The molecule has 0 aromatic carbocycles.